The van der Waals surface area contributed by atoms with Gasteiger partial charge in [-0.3, -0.25) is 9.78 Å². The van der Waals surface area contributed by atoms with Gasteiger partial charge in [0.1, 0.15) is 18.1 Å². The van der Waals surface area contributed by atoms with Gasteiger partial charge in [-0.1, -0.05) is 31.2 Å². The van der Waals surface area contributed by atoms with Gasteiger partial charge in [-0.15, -0.1) is 0 Å². The summed E-state index contributed by atoms with van der Waals surface area (Å²) >= 11 is 6.51. The number of halogens is 1. The van der Waals surface area contributed by atoms with E-state index >= 15 is 0 Å². The summed E-state index contributed by atoms with van der Waals surface area (Å²) in [5.74, 6) is 1.01. The predicted octanol–water partition coefficient (Wildman–Crippen LogP) is 5.45. The molecule has 1 aliphatic heterocycles. The topological polar surface area (TPSA) is 98.1 Å². The largest absolute Gasteiger partial charge is 0.360 e. The Kier molecular flexibility index (Phi) is 7.09. The van der Waals surface area contributed by atoms with E-state index in [1.807, 2.05) is 10.7 Å². The number of pyridine rings is 1. The molecular weight excluding hydrogens is 494 g/mol. The Hall–Kier alpha value is -2.82. The Bertz CT molecular complexity index is 1260. The zero-order valence-corrected chi connectivity index (χ0v) is 22.8. The van der Waals surface area contributed by atoms with Crippen molar-refractivity contribution < 1.29 is 9.53 Å². The number of nitrogens with one attached hydrogen (secondary N) is 1. The van der Waals surface area contributed by atoms with Crippen molar-refractivity contribution in [1.29, 1.82) is 0 Å². The molecule has 0 aromatic carbocycles. The van der Waals surface area contributed by atoms with Gasteiger partial charge < -0.3 is 15.0 Å². The summed E-state index contributed by atoms with van der Waals surface area (Å²) in [5, 5.41) is 8.43. The van der Waals surface area contributed by atoms with Crippen molar-refractivity contribution in [3.05, 3.63) is 41.4 Å². The van der Waals surface area contributed by atoms with Gasteiger partial charge in [-0.2, -0.15) is 5.10 Å². The van der Waals surface area contributed by atoms with E-state index in [2.05, 4.69) is 46.0 Å². The Morgan fingerprint density at radius 3 is 2.75 bits per heavy atom. The fourth-order valence-corrected chi connectivity index (χ4v) is 5.13. The van der Waals surface area contributed by atoms with Crippen molar-refractivity contribution in [2.45, 2.75) is 64.0 Å². The fourth-order valence-electron chi connectivity index (χ4n) is 4.19. The van der Waals surface area contributed by atoms with Crippen LogP contribution in [0.3, 0.4) is 0 Å². The molecule has 1 amide bonds. The molecule has 2 aliphatic rings. The predicted molar refractivity (Wildman–Crippen MR) is 143 cm³/mol. The minimum absolute atomic E-state index is 0.116. The molecule has 36 heavy (non-hydrogen) atoms. The molecular formula is C25H32ClN7O2Si. The van der Waals surface area contributed by atoms with Crippen LogP contribution in [0, 0.1) is 0 Å². The molecule has 9 nitrogen and oxygen atoms in total. The lowest BCUT2D eigenvalue weighted by Crippen LogP contribution is -2.23. The van der Waals surface area contributed by atoms with Crippen molar-refractivity contribution in [3.63, 3.8) is 0 Å². The minimum Gasteiger partial charge on any atom is -0.360 e. The van der Waals surface area contributed by atoms with Crippen LogP contribution in [0.1, 0.15) is 37.3 Å². The second-order valence-corrected chi connectivity index (χ2v) is 16.7. The average Bonchev–Trinajstić information content (AvgIpc) is 3.45. The van der Waals surface area contributed by atoms with E-state index < -0.39 is 8.07 Å². The van der Waals surface area contributed by atoms with E-state index in [9.17, 15) is 4.79 Å². The first-order valence-corrected chi connectivity index (χ1v) is 16.6. The molecule has 0 bridgehead atoms. The van der Waals surface area contributed by atoms with Crippen LogP contribution in [-0.2, 0) is 16.3 Å². The van der Waals surface area contributed by atoms with E-state index in [0.717, 1.165) is 43.3 Å². The number of aromatic nitrogens is 5. The lowest BCUT2D eigenvalue weighted by molar-refractivity contribution is -0.117. The third kappa shape index (κ3) is 5.93. The molecule has 0 spiro atoms. The van der Waals surface area contributed by atoms with E-state index in [4.69, 9.17) is 21.4 Å². The summed E-state index contributed by atoms with van der Waals surface area (Å²) in [6.45, 7) is 8.92. The van der Waals surface area contributed by atoms with Crippen molar-refractivity contribution in [2.24, 2.45) is 0 Å². The molecule has 3 aromatic rings. The first-order chi connectivity index (χ1) is 17.3. The van der Waals surface area contributed by atoms with Gasteiger partial charge in [0, 0.05) is 39.3 Å². The number of rotatable bonds is 10. The second-order valence-electron chi connectivity index (χ2n) is 10.7. The van der Waals surface area contributed by atoms with Crippen LogP contribution < -0.4 is 10.2 Å². The maximum absolute atomic E-state index is 12.1. The highest BCUT2D eigenvalue weighted by atomic mass is 35.5. The van der Waals surface area contributed by atoms with Gasteiger partial charge in [0.05, 0.1) is 35.0 Å². The molecule has 11 heteroatoms. The summed E-state index contributed by atoms with van der Waals surface area (Å²) in [5.41, 5.74) is 3.89. The van der Waals surface area contributed by atoms with Crippen LogP contribution in [0.4, 0.5) is 17.3 Å². The standard InChI is InChI=1S/C25H32ClN7O2Si/c1-36(2,3)10-9-35-16-33-22(17-6-7-17)12-21(31-33)24-20(26)15-28-25(30-24)29-18-11-19(14-27-13-18)32-8-4-5-23(32)34/h11-15,17H,4-10,16H2,1-3H3,(H,28,29,30). The number of amides is 1. The van der Waals surface area contributed by atoms with Crippen LogP contribution in [0.5, 0.6) is 0 Å². The molecule has 0 atom stereocenters. The van der Waals surface area contributed by atoms with Crippen molar-refractivity contribution in [3.8, 4) is 11.4 Å². The van der Waals surface area contributed by atoms with Crippen LogP contribution in [-0.4, -0.2) is 51.9 Å². The second kappa shape index (κ2) is 10.3. The van der Waals surface area contributed by atoms with Gasteiger partial charge in [-0.25, -0.2) is 14.6 Å². The molecule has 1 saturated carbocycles. The van der Waals surface area contributed by atoms with E-state index in [0.29, 0.717) is 53.7 Å². The lowest BCUT2D eigenvalue weighted by atomic mass is 10.2. The number of carbonyl (C=O) groups excluding carboxylic acids is 1. The number of hydrogen-bond donors (Lipinski definition) is 1. The fraction of sp³-hybridized carbons (Fsp3) is 0.480. The zero-order chi connectivity index (χ0) is 25.3. The molecule has 3 aromatic heterocycles. The Balaban J connectivity index is 1.34. The Labute approximate surface area is 217 Å². The minimum atomic E-state index is -1.15. The van der Waals surface area contributed by atoms with Gasteiger partial charge >= 0.3 is 0 Å². The highest BCUT2D eigenvalue weighted by Crippen LogP contribution is 2.41. The maximum atomic E-state index is 12.1. The summed E-state index contributed by atoms with van der Waals surface area (Å²) in [6.07, 6.45) is 8.70. The van der Waals surface area contributed by atoms with Crippen LogP contribution in [0.15, 0.2) is 30.7 Å². The SMILES string of the molecule is C[Si](C)(C)CCOCn1nc(-c2nc(Nc3cncc(N4CCCC4=O)c3)ncc2Cl)cc1C1CC1. The normalized spacial score (nSPS) is 16.1. The summed E-state index contributed by atoms with van der Waals surface area (Å²) in [7, 11) is -1.15. The molecule has 0 unspecified atom stereocenters. The summed E-state index contributed by atoms with van der Waals surface area (Å²) in [6, 6.07) is 5.07. The number of hydrogen-bond acceptors (Lipinski definition) is 7. The Morgan fingerprint density at radius 2 is 2.03 bits per heavy atom. The molecule has 5 rings (SSSR count). The van der Waals surface area contributed by atoms with E-state index in [1.165, 1.54) is 0 Å². The van der Waals surface area contributed by atoms with Crippen molar-refractivity contribution in [1.82, 2.24) is 24.7 Å². The third-order valence-corrected chi connectivity index (χ3v) is 8.35. The number of ether oxygens (including phenoxy) is 1. The van der Waals surface area contributed by atoms with Crippen LogP contribution >= 0.6 is 11.6 Å². The smallest absolute Gasteiger partial charge is 0.227 e. The zero-order valence-electron chi connectivity index (χ0n) is 21.0. The monoisotopic (exact) mass is 525 g/mol. The van der Waals surface area contributed by atoms with Gasteiger partial charge in [0.25, 0.3) is 0 Å². The van der Waals surface area contributed by atoms with Gasteiger partial charge in [0.15, 0.2) is 0 Å². The first kappa shape index (κ1) is 24.9. The number of nitrogens with zero attached hydrogens (tertiary/aromatic N) is 6. The highest BCUT2D eigenvalue weighted by Gasteiger charge is 2.29. The van der Waals surface area contributed by atoms with Crippen LogP contribution in [0.25, 0.3) is 11.4 Å². The van der Waals surface area contributed by atoms with E-state index in [-0.39, 0.29) is 5.91 Å². The van der Waals surface area contributed by atoms with Crippen molar-refractivity contribution in [2.75, 3.05) is 23.4 Å². The van der Waals surface area contributed by atoms with E-state index in [1.54, 1.807) is 23.5 Å². The summed E-state index contributed by atoms with van der Waals surface area (Å²) < 4.78 is 7.93. The highest BCUT2D eigenvalue weighted by molar-refractivity contribution is 6.76. The molecule has 1 aliphatic carbocycles. The van der Waals surface area contributed by atoms with Crippen LogP contribution in [0.2, 0.25) is 30.7 Å². The third-order valence-electron chi connectivity index (χ3n) is 6.37. The maximum Gasteiger partial charge on any atom is 0.227 e. The molecule has 1 saturated heterocycles. The Morgan fingerprint density at radius 1 is 1.19 bits per heavy atom. The quantitative estimate of drug-likeness (QED) is 0.277. The molecule has 0 radical (unpaired) electrons. The number of carbonyl (C=O) groups is 1. The first-order valence-electron chi connectivity index (χ1n) is 12.5. The van der Waals surface area contributed by atoms with Gasteiger partial charge in [0.2, 0.25) is 11.9 Å². The molecule has 4 heterocycles. The van der Waals surface area contributed by atoms with Crippen molar-refractivity contribution >= 4 is 42.9 Å². The molecule has 1 N–H and O–H groups in total. The average molecular weight is 526 g/mol. The van der Waals surface area contributed by atoms with Gasteiger partial charge in [-0.05, 0) is 37.4 Å². The summed E-state index contributed by atoms with van der Waals surface area (Å²) in [4.78, 5) is 27.2. The molecule has 190 valence electrons. The lowest BCUT2D eigenvalue weighted by Gasteiger charge is -2.16. The molecule has 2 fully saturated rings. The number of anilines is 3.